The lowest BCUT2D eigenvalue weighted by atomic mass is 10.3. The molecule has 3 N–H and O–H groups in total. The van der Waals surface area contributed by atoms with Crippen molar-refractivity contribution in [3.8, 4) is 0 Å². The van der Waals surface area contributed by atoms with E-state index in [1.165, 1.54) is 7.11 Å². The van der Waals surface area contributed by atoms with Crippen LogP contribution in [-0.2, 0) is 14.8 Å². The first-order chi connectivity index (χ1) is 7.51. The van der Waals surface area contributed by atoms with Gasteiger partial charge in [-0.1, -0.05) is 0 Å². The Morgan fingerprint density at radius 1 is 1.62 bits per heavy atom. The van der Waals surface area contributed by atoms with Crippen LogP contribution in [0.15, 0.2) is 21.8 Å². The molecule has 0 aliphatic heterocycles. The van der Waals surface area contributed by atoms with Crippen LogP contribution in [0.3, 0.4) is 0 Å². The summed E-state index contributed by atoms with van der Waals surface area (Å²) < 4.78 is 34.4. The molecule has 7 nitrogen and oxygen atoms in total. The third kappa shape index (κ3) is 2.81. The molecule has 1 aromatic heterocycles. The number of sulfonamides is 1. The molecule has 8 heteroatoms. The van der Waals surface area contributed by atoms with Gasteiger partial charge in [-0.05, 0) is 0 Å². The number of nitrogens with two attached hydrogens (primary N) is 1. The Hall–Kier alpha value is -1.38. The Labute approximate surface area is 92.6 Å². The minimum absolute atomic E-state index is 0.0376. The van der Waals surface area contributed by atoms with Gasteiger partial charge in [-0.3, -0.25) is 0 Å². The molecule has 0 spiro atoms. The van der Waals surface area contributed by atoms with Gasteiger partial charge in [0.2, 0.25) is 5.09 Å². The lowest BCUT2D eigenvalue weighted by Crippen LogP contribution is -2.28. The predicted octanol–water partition coefficient (Wildman–Crippen LogP) is -0.697. The zero-order chi connectivity index (χ0) is 12.2. The van der Waals surface area contributed by atoms with Crippen molar-refractivity contribution in [3.63, 3.8) is 0 Å². The molecule has 0 saturated heterocycles. The maximum absolute atomic E-state index is 11.5. The van der Waals surface area contributed by atoms with Gasteiger partial charge in [0.05, 0.1) is 12.7 Å². The number of ether oxygens (including phenoxy) is 1. The van der Waals surface area contributed by atoms with Crippen molar-refractivity contribution < 1.29 is 22.4 Å². The average molecular weight is 248 g/mol. The molecule has 0 fully saturated rings. The van der Waals surface area contributed by atoms with E-state index in [4.69, 9.17) is 10.2 Å². The molecule has 16 heavy (non-hydrogen) atoms. The molecule has 1 heterocycles. The molecule has 0 amide bonds. The predicted molar refractivity (Wildman–Crippen MR) is 54.3 cm³/mol. The fourth-order valence-electron chi connectivity index (χ4n) is 0.947. The molecule has 0 aromatic carbocycles. The van der Waals surface area contributed by atoms with E-state index in [2.05, 4.69) is 9.46 Å². The first-order valence-electron chi connectivity index (χ1n) is 4.38. The van der Waals surface area contributed by atoms with Crippen molar-refractivity contribution in [2.75, 3.05) is 20.2 Å². The van der Waals surface area contributed by atoms with Gasteiger partial charge in [-0.15, -0.1) is 0 Å². The Kier molecular flexibility index (Phi) is 4.05. The van der Waals surface area contributed by atoms with E-state index in [1.54, 1.807) is 0 Å². The normalized spacial score (nSPS) is 11.4. The molecule has 0 aliphatic rings. The second-order valence-corrected chi connectivity index (χ2v) is 4.53. The SMILES string of the molecule is COC(=O)c1coc(S(=O)(=O)NCCN)c1. The highest BCUT2D eigenvalue weighted by Gasteiger charge is 2.20. The number of nitrogens with one attached hydrogen (secondary N) is 1. The van der Waals surface area contributed by atoms with Gasteiger partial charge in [-0.25, -0.2) is 17.9 Å². The van der Waals surface area contributed by atoms with Gasteiger partial charge in [0.25, 0.3) is 10.0 Å². The highest BCUT2D eigenvalue weighted by molar-refractivity contribution is 7.89. The van der Waals surface area contributed by atoms with Crippen LogP contribution in [0.1, 0.15) is 10.4 Å². The van der Waals surface area contributed by atoms with Gasteiger partial charge < -0.3 is 14.9 Å². The second kappa shape index (κ2) is 5.10. The van der Waals surface area contributed by atoms with Crippen molar-refractivity contribution in [1.82, 2.24) is 4.72 Å². The molecule has 0 atom stereocenters. The van der Waals surface area contributed by atoms with Crippen LogP contribution >= 0.6 is 0 Å². The number of rotatable bonds is 5. The largest absolute Gasteiger partial charge is 0.465 e. The molecule has 1 aromatic rings. The summed E-state index contributed by atoms with van der Waals surface area (Å²) in [4.78, 5) is 11.1. The van der Waals surface area contributed by atoms with E-state index in [0.717, 1.165) is 12.3 Å². The second-order valence-electron chi connectivity index (χ2n) is 2.83. The standard InChI is InChI=1S/C8H12N2O5S/c1-14-8(11)6-4-7(15-5-6)16(12,13)10-3-2-9/h4-5,10H,2-3,9H2,1H3. The van der Waals surface area contributed by atoms with Gasteiger partial charge in [0.1, 0.15) is 6.26 Å². The van der Waals surface area contributed by atoms with E-state index in [-0.39, 0.29) is 23.7 Å². The minimum Gasteiger partial charge on any atom is -0.465 e. The number of carbonyl (C=O) groups is 1. The minimum atomic E-state index is -3.75. The van der Waals surface area contributed by atoms with Crippen molar-refractivity contribution in [3.05, 3.63) is 17.9 Å². The summed E-state index contributed by atoms with van der Waals surface area (Å²) in [6.07, 6.45) is 1.02. The van der Waals surface area contributed by atoms with E-state index in [0.29, 0.717) is 0 Å². The van der Waals surface area contributed by atoms with Crippen LogP contribution in [-0.4, -0.2) is 34.6 Å². The van der Waals surface area contributed by atoms with E-state index >= 15 is 0 Å². The maximum atomic E-state index is 11.5. The summed E-state index contributed by atoms with van der Waals surface area (Å²) in [5.74, 6) is -0.663. The van der Waals surface area contributed by atoms with E-state index < -0.39 is 16.0 Å². The number of esters is 1. The molecule has 0 saturated carbocycles. The monoisotopic (exact) mass is 248 g/mol. The van der Waals surface area contributed by atoms with Gasteiger partial charge in [-0.2, -0.15) is 0 Å². The van der Waals surface area contributed by atoms with Gasteiger partial charge >= 0.3 is 5.97 Å². The zero-order valence-corrected chi connectivity index (χ0v) is 9.41. The van der Waals surface area contributed by atoms with Crippen LogP contribution in [0, 0.1) is 0 Å². The van der Waals surface area contributed by atoms with Crippen LogP contribution in [0.4, 0.5) is 0 Å². The summed E-state index contributed by atoms with van der Waals surface area (Å²) in [7, 11) is -2.56. The molecule has 0 bridgehead atoms. The van der Waals surface area contributed by atoms with Gasteiger partial charge in [0, 0.05) is 19.2 Å². The Balaban J connectivity index is 2.89. The van der Waals surface area contributed by atoms with Crippen molar-refractivity contribution >= 4 is 16.0 Å². The highest BCUT2D eigenvalue weighted by atomic mass is 32.2. The fraction of sp³-hybridized carbons (Fsp3) is 0.375. The molecule has 90 valence electrons. The zero-order valence-electron chi connectivity index (χ0n) is 8.60. The third-order valence-corrected chi connectivity index (χ3v) is 3.03. The third-order valence-electron chi connectivity index (χ3n) is 1.70. The number of furan rings is 1. The fourth-order valence-corrected chi connectivity index (χ4v) is 1.93. The van der Waals surface area contributed by atoms with Crippen LogP contribution in [0.2, 0.25) is 0 Å². The average Bonchev–Trinajstić information content (AvgIpc) is 2.75. The van der Waals surface area contributed by atoms with Crippen LogP contribution < -0.4 is 10.5 Å². The first-order valence-corrected chi connectivity index (χ1v) is 5.86. The first kappa shape index (κ1) is 12.7. The molecular weight excluding hydrogens is 236 g/mol. The molecular formula is C8H12N2O5S. The molecule has 0 aliphatic carbocycles. The molecule has 0 unspecified atom stereocenters. The maximum Gasteiger partial charge on any atom is 0.341 e. The summed E-state index contributed by atoms with van der Waals surface area (Å²) in [6.45, 7) is 0.264. The summed E-state index contributed by atoms with van der Waals surface area (Å²) in [5.41, 5.74) is 5.19. The van der Waals surface area contributed by atoms with Gasteiger partial charge in [0.15, 0.2) is 0 Å². The Morgan fingerprint density at radius 3 is 2.88 bits per heavy atom. The molecule has 1 rings (SSSR count). The Bertz CT molecular complexity index is 465. The number of methoxy groups -OCH3 is 1. The van der Waals surface area contributed by atoms with Crippen molar-refractivity contribution in [2.45, 2.75) is 5.09 Å². The highest BCUT2D eigenvalue weighted by Crippen LogP contribution is 2.14. The number of carbonyl (C=O) groups excluding carboxylic acids is 1. The smallest absolute Gasteiger partial charge is 0.341 e. The van der Waals surface area contributed by atoms with Crippen molar-refractivity contribution in [1.29, 1.82) is 0 Å². The number of hydrogen-bond donors (Lipinski definition) is 2. The van der Waals surface area contributed by atoms with E-state index in [9.17, 15) is 13.2 Å². The lowest BCUT2D eigenvalue weighted by molar-refractivity contribution is 0.0600. The lowest BCUT2D eigenvalue weighted by Gasteiger charge is -2.00. The van der Waals surface area contributed by atoms with Crippen LogP contribution in [0.25, 0.3) is 0 Å². The quantitative estimate of drug-likeness (QED) is 0.667. The molecule has 0 radical (unpaired) electrons. The van der Waals surface area contributed by atoms with Crippen molar-refractivity contribution in [2.24, 2.45) is 5.73 Å². The topological polar surface area (TPSA) is 112 Å². The summed E-state index contributed by atoms with van der Waals surface area (Å²) >= 11 is 0. The van der Waals surface area contributed by atoms with Crippen LogP contribution in [0.5, 0.6) is 0 Å². The summed E-state index contributed by atoms with van der Waals surface area (Å²) in [6, 6.07) is 1.09. The number of hydrogen-bond acceptors (Lipinski definition) is 6. The summed E-state index contributed by atoms with van der Waals surface area (Å²) in [5, 5.41) is -0.346. The van der Waals surface area contributed by atoms with E-state index in [1.807, 2.05) is 0 Å². The Morgan fingerprint density at radius 2 is 2.31 bits per heavy atom.